The summed E-state index contributed by atoms with van der Waals surface area (Å²) >= 11 is 6.25. The summed E-state index contributed by atoms with van der Waals surface area (Å²) in [6, 6.07) is 8.89. The van der Waals surface area contributed by atoms with E-state index in [0.29, 0.717) is 27.9 Å². The van der Waals surface area contributed by atoms with Crippen LogP contribution in [-0.4, -0.2) is 27.1 Å². The standard InChI is InChI=1S/C21H20ClN5O/c1-3-5-16(22)10-15-13-25-20(14-6-4-9-24-12-14)27-21(15)26-18-11-17(23-2)7-8-19(18)28/h3-13,23,28H,1-2H3,(H,25,26,27)/b5-3-,16-10+. The summed E-state index contributed by atoms with van der Waals surface area (Å²) in [7, 11) is 1.81. The van der Waals surface area contributed by atoms with Crippen molar-refractivity contribution in [2.24, 2.45) is 0 Å². The fourth-order valence-electron chi connectivity index (χ4n) is 2.51. The van der Waals surface area contributed by atoms with E-state index in [1.54, 1.807) is 48.9 Å². The van der Waals surface area contributed by atoms with E-state index in [1.165, 1.54) is 0 Å². The number of aromatic nitrogens is 3. The van der Waals surface area contributed by atoms with Gasteiger partial charge in [0, 0.05) is 47.5 Å². The van der Waals surface area contributed by atoms with E-state index in [9.17, 15) is 5.11 Å². The first-order valence-corrected chi connectivity index (χ1v) is 9.03. The maximum Gasteiger partial charge on any atom is 0.163 e. The molecule has 6 nitrogen and oxygen atoms in total. The number of nitrogens with one attached hydrogen (secondary N) is 2. The average Bonchev–Trinajstić information content (AvgIpc) is 2.71. The first-order chi connectivity index (χ1) is 13.6. The number of aromatic hydroxyl groups is 1. The first-order valence-electron chi connectivity index (χ1n) is 8.66. The maximum absolute atomic E-state index is 10.2. The van der Waals surface area contributed by atoms with Crippen molar-refractivity contribution in [1.29, 1.82) is 0 Å². The van der Waals surface area contributed by atoms with Gasteiger partial charge in [-0.3, -0.25) is 4.98 Å². The van der Waals surface area contributed by atoms with Crippen molar-refractivity contribution in [3.63, 3.8) is 0 Å². The number of hydrogen-bond acceptors (Lipinski definition) is 6. The van der Waals surface area contributed by atoms with Gasteiger partial charge in [0.05, 0.1) is 5.69 Å². The lowest BCUT2D eigenvalue weighted by molar-refractivity contribution is 0.478. The highest BCUT2D eigenvalue weighted by Crippen LogP contribution is 2.31. The molecule has 0 bridgehead atoms. The fraction of sp³-hybridized carbons (Fsp3) is 0.0952. The monoisotopic (exact) mass is 393 g/mol. The minimum Gasteiger partial charge on any atom is -0.506 e. The summed E-state index contributed by atoms with van der Waals surface area (Å²) in [5.41, 5.74) is 2.84. The van der Waals surface area contributed by atoms with E-state index in [-0.39, 0.29) is 5.75 Å². The van der Waals surface area contributed by atoms with E-state index >= 15 is 0 Å². The Hall–Kier alpha value is -3.38. The van der Waals surface area contributed by atoms with Crippen LogP contribution < -0.4 is 10.6 Å². The maximum atomic E-state index is 10.2. The number of phenols is 1. The van der Waals surface area contributed by atoms with E-state index in [4.69, 9.17) is 11.6 Å². The molecular weight excluding hydrogens is 374 g/mol. The SMILES string of the molecule is C/C=C\C(Cl)=C/c1cnc(-c2cccnc2)nc1Nc1cc(NC)ccc1O. The minimum absolute atomic E-state index is 0.107. The molecule has 7 heteroatoms. The van der Waals surface area contributed by atoms with Gasteiger partial charge >= 0.3 is 0 Å². The molecular formula is C21H20ClN5O. The van der Waals surface area contributed by atoms with Gasteiger partial charge in [-0.05, 0) is 49.4 Å². The van der Waals surface area contributed by atoms with Gasteiger partial charge in [0.25, 0.3) is 0 Å². The minimum atomic E-state index is 0.107. The van der Waals surface area contributed by atoms with Gasteiger partial charge in [-0.25, -0.2) is 9.97 Å². The Labute approximate surface area is 168 Å². The van der Waals surface area contributed by atoms with E-state index in [2.05, 4.69) is 25.6 Å². The Morgan fingerprint density at radius 1 is 1.21 bits per heavy atom. The van der Waals surface area contributed by atoms with Crippen LogP contribution in [0.3, 0.4) is 0 Å². The molecule has 1 aromatic carbocycles. The Balaban J connectivity index is 2.08. The molecule has 0 aliphatic rings. The normalized spacial score (nSPS) is 11.6. The Morgan fingerprint density at radius 2 is 2.07 bits per heavy atom. The molecule has 3 aromatic rings. The van der Waals surface area contributed by atoms with Crippen LogP contribution in [0.2, 0.25) is 0 Å². The van der Waals surface area contributed by atoms with Gasteiger partial charge in [-0.1, -0.05) is 17.7 Å². The largest absolute Gasteiger partial charge is 0.506 e. The molecule has 3 rings (SSSR count). The van der Waals surface area contributed by atoms with Crippen molar-refractivity contribution < 1.29 is 5.11 Å². The molecule has 0 radical (unpaired) electrons. The molecule has 2 heterocycles. The summed E-state index contributed by atoms with van der Waals surface area (Å²) in [5.74, 6) is 1.13. The Bertz CT molecular complexity index is 1020. The van der Waals surface area contributed by atoms with E-state index in [0.717, 1.165) is 11.3 Å². The summed E-state index contributed by atoms with van der Waals surface area (Å²) < 4.78 is 0. The molecule has 28 heavy (non-hydrogen) atoms. The third kappa shape index (κ3) is 4.66. The second-order valence-electron chi connectivity index (χ2n) is 5.88. The first kappa shape index (κ1) is 19.4. The fourth-order valence-corrected chi connectivity index (χ4v) is 2.75. The van der Waals surface area contributed by atoms with Crippen LogP contribution in [0.4, 0.5) is 17.2 Å². The van der Waals surface area contributed by atoms with Crippen molar-refractivity contribution in [2.45, 2.75) is 6.92 Å². The molecule has 0 aliphatic carbocycles. The highest BCUT2D eigenvalue weighted by molar-refractivity contribution is 6.33. The number of anilines is 3. The lowest BCUT2D eigenvalue weighted by Crippen LogP contribution is -2.01. The molecule has 3 N–H and O–H groups in total. The summed E-state index contributed by atoms with van der Waals surface area (Å²) in [5, 5.41) is 17.0. The molecule has 0 saturated carbocycles. The van der Waals surface area contributed by atoms with Gasteiger partial charge in [-0.15, -0.1) is 0 Å². The number of phenolic OH excluding ortho intramolecular Hbond substituents is 1. The third-order valence-electron chi connectivity index (χ3n) is 3.89. The van der Waals surface area contributed by atoms with Crippen molar-refractivity contribution in [3.05, 3.63) is 71.7 Å². The van der Waals surface area contributed by atoms with Crippen molar-refractivity contribution in [3.8, 4) is 17.1 Å². The number of pyridine rings is 1. The summed E-state index contributed by atoms with van der Waals surface area (Å²) in [4.78, 5) is 13.2. The molecule has 0 amide bonds. The topological polar surface area (TPSA) is 83.0 Å². The Morgan fingerprint density at radius 3 is 2.79 bits per heavy atom. The number of halogens is 1. The van der Waals surface area contributed by atoms with Crippen LogP contribution in [0.15, 0.2) is 66.1 Å². The number of hydrogen-bond donors (Lipinski definition) is 3. The predicted molar refractivity (Wildman–Crippen MR) is 115 cm³/mol. The Kier molecular flexibility index (Phi) is 6.24. The van der Waals surface area contributed by atoms with Gasteiger partial charge < -0.3 is 15.7 Å². The third-order valence-corrected chi connectivity index (χ3v) is 4.13. The molecule has 0 unspecified atom stereocenters. The lowest BCUT2D eigenvalue weighted by Gasteiger charge is -2.13. The van der Waals surface area contributed by atoms with Crippen LogP contribution in [-0.2, 0) is 0 Å². The van der Waals surface area contributed by atoms with E-state index in [1.807, 2.05) is 32.2 Å². The van der Waals surface area contributed by atoms with Crippen LogP contribution in [0.5, 0.6) is 5.75 Å². The molecule has 0 fully saturated rings. The second kappa shape index (κ2) is 9.01. The second-order valence-corrected chi connectivity index (χ2v) is 6.31. The smallest absolute Gasteiger partial charge is 0.163 e. The molecule has 0 atom stereocenters. The zero-order chi connectivity index (χ0) is 19.9. The van der Waals surface area contributed by atoms with Crippen LogP contribution >= 0.6 is 11.6 Å². The molecule has 0 aliphatic heterocycles. The number of nitrogens with zero attached hydrogens (tertiary/aromatic N) is 3. The highest BCUT2D eigenvalue weighted by Gasteiger charge is 2.11. The van der Waals surface area contributed by atoms with Gasteiger partial charge in [0.1, 0.15) is 11.6 Å². The van der Waals surface area contributed by atoms with Crippen LogP contribution in [0.1, 0.15) is 12.5 Å². The van der Waals surface area contributed by atoms with E-state index < -0.39 is 0 Å². The van der Waals surface area contributed by atoms with Gasteiger partial charge in [0.2, 0.25) is 0 Å². The van der Waals surface area contributed by atoms with Gasteiger partial charge in [-0.2, -0.15) is 0 Å². The summed E-state index contributed by atoms with van der Waals surface area (Å²) in [6.07, 6.45) is 10.5. The lowest BCUT2D eigenvalue weighted by atomic mass is 10.2. The number of allylic oxidation sites excluding steroid dienone is 3. The van der Waals surface area contributed by atoms with Crippen molar-refractivity contribution >= 4 is 34.9 Å². The quantitative estimate of drug-likeness (QED) is 0.304. The molecule has 0 saturated heterocycles. The predicted octanol–water partition coefficient (Wildman–Crippen LogP) is 5.19. The average molecular weight is 394 g/mol. The van der Waals surface area contributed by atoms with Crippen LogP contribution in [0, 0.1) is 0 Å². The zero-order valence-corrected chi connectivity index (χ0v) is 16.3. The molecule has 142 valence electrons. The van der Waals surface area contributed by atoms with Crippen molar-refractivity contribution in [2.75, 3.05) is 17.7 Å². The summed E-state index contributed by atoms with van der Waals surface area (Å²) in [6.45, 7) is 1.89. The van der Waals surface area contributed by atoms with Gasteiger partial charge in [0.15, 0.2) is 5.82 Å². The highest BCUT2D eigenvalue weighted by atomic mass is 35.5. The molecule has 0 spiro atoms. The van der Waals surface area contributed by atoms with Crippen molar-refractivity contribution in [1.82, 2.24) is 15.0 Å². The van der Waals surface area contributed by atoms with Crippen LogP contribution in [0.25, 0.3) is 17.5 Å². The number of rotatable bonds is 6. The zero-order valence-electron chi connectivity index (χ0n) is 15.5. The number of benzene rings is 1. The molecule has 2 aromatic heterocycles.